The van der Waals surface area contributed by atoms with E-state index >= 15 is 0 Å². The molecule has 2 aliphatic carbocycles. The van der Waals surface area contributed by atoms with Crippen LogP contribution in [0, 0.1) is 5.92 Å². The molecular formula is C16H23BN2O3. The van der Waals surface area contributed by atoms with Crippen molar-refractivity contribution in [3.8, 4) is 11.8 Å². The highest BCUT2D eigenvalue weighted by molar-refractivity contribution is 6.45. The van der Waals surface area contributed by atoms with E-state index < -0.39 is 7.05 Å². The summed E-state index contributed by atoms with van der Waals surface area (Å²) in [6.07, 6.45) is 6.45. The molecular weight excluding hydrogens is 279 g/mol. The number of hydrogen-bond acceptors (Lipinski definition) is 4. The summed E-state index contributed by atoms with van der Waals surface area (Å²) in [5.41, 5.74) is 2.95. The highest BCUT2D eigenvalue weighted by Crippen LogP contribution is 2.59. The Kier molecular flexibility index (Phi) is 3.83. The fourth-order valence-electron chi connectivity index (χ4n) is 3.60. The Bertz CT molecular complexity index is 607. The summed E-state index contributed by atoms with van der Waals surface area (Å²) in [6, 6.07) is 0. The molecule has 118 valence electrons. The summed E-state index contributed by atoms with van der Waals surface area (Å²) in [6.45, 7) is 6.80. The molecule has 6 heteroatoms. The minimum atomic E-state index is -0.606. The Morgan fingerprint density at radius 3 is 2.23 bits per heavy atom. The van der Waals surface area contributed by atoms with Crippen molar-refractivity contribution in [1.29, 1.82) is 0 Å². The van der Waals surface area contributed by atoms with Gasteiger partial charge in [-0.25, -0.2) is 0 Å². The Labute approximate surface area is 131 Å². The third-order valence-electron chi connectivity index (χ3n) is 4.42. The Hall–Kier alpha value is -1.66. The summed E-state index contributed by atoms with van der Waals surface area (Å²) in [5.74, 6) is 0.895. The second-order valence-corrected chi connectivity index (χ2v) is 6.51. The molecule has 0 saturated heterocycles. The van der Waals surface area contributed by atoms with Gasteiger partial charge in [0.25, 0.3) is 0 Å². The van der Waals surface area contributed by atoms with Gasteiger partial charge in [0.05, 0.1) is 0 Å². The minimum absolute atomic E-state index is 0.0827. The summed E-state index contributed by atoms with van der Waals surface area (Å²) in [4.78, 5) is 0. The molecule has 2 atom stereocenters. The van der Waals surface area contributed by atoms with Gasteiger partial charge >= 0.3 is 7.05 Å². The molecule has 2 bridgehead atoms. The van der Waals surface area contributed by atoms with E-state index in [2.05, 4.69) is 37.3 Å². The number of allylic oxidation sites excluding steroid dienone is 4. The van der Waals surface area contributed by atoms with Crippen LogP contribution in [0.25, 0.3) is 0 Å². The van der Waals surface area contributed by atoms with Gasteiger partial charge in [-0.15, -0.1) is 0 Å². The number of nitrogens with zero attached hydrogens (tertiary/aromatic N) is 1. The lowest BCUT2D eigenvalue weighted by molar-refractivity contribution is 0.362. The van der Waals surface area contributed by atoms with Crippen LogP contribution >= 0.6 is 0 Å². The molecule has 0 radical (unpaired) electrons. The first kappa shape index (κ1) is 15.2. The lowest BCUT2D eigenvalue weighted by Crippen LogP contribution is -2.33. The first-order valence-corrected chi connectivity index (χ1v) is 7.87. The van der Waals surface area contributed by atoms with E-state index in [0.717, 1.165) is 11.1 Å². The number of aromatic hydroxyl groups is 2. The van der Waals surface area contributed by atoms with Crippen molar-refractivity contribution >= 4 is 7.05 Å². The number of hydrogen-bond donors (Lipinski definition) is 4. The fraction of sp³-hybridized carbons (Fsp3) is 0.500. The van der Waals surface area contributed by atoms with Crippen molar-refractivity contribution in [2.24, 2.45) is 5.92 Å². The maximum absolute atomic E-state index is 10.5. The van der Waals surface area contributed by atoms with Crippen LogP contribution in [-0.2, 0) is 6.54 Å². The van der Waals surface area contributed by atoms with E-state index in [9.17, 15) is 15.2 Å². The highest BCUT2D eigenvalue weighted by atomic mass is 16.3. The standard InChI is InChI=1S/C16H23BN2O3/c1-9(2)8-12-10-4-5-11(12)14-13(10)15(20)19(16(14)21)7-6-18-17(3)22/h4-5,8-11,18,20-22H,6-7H2,1-3H3. The SMILES string of the molecule is CB(O)NCCn1c(O)c2c(c1O)C1C=CC2C1=CC(C)C. The van der Waals surface area contributed by atoms with E-state index in [1.807, 2.05) is 0 Å². The maximum Gasteiger partial charge on any atom is 0.373 e. The largest absolute Gasteiger partial charge is 0.494 e. The highest BCUT2D eigenvalue weighted by Gasteiger charge is 2.44. The third kappa shape index (κ3) is 2.27. The zero-order valence-electron chi connectivity index (χ0n) is 13.2. The van der Waals surface area contributed by atoms with Gasteiger partial charge in [0.1, 0.15) is 0 Å². The van der Waals surface area contributed by atoms with E-state index in [4.69, 9.17) is 0 Å². The molecule has 1 aromatic rings. The number of rotatable bonds is 5. The van der Waals surface area contributed by atoms with Crippen molar-refractivity contribution in [1.82, 2.24) is 9.79 Å². The molecule has 4 N–H and O–H groups in total. The van der Waals surface area contributed by atoms with Gasteiger partial charge in [-0.3, -0.25) is 4.57 Å². The molecule has 22 heavy (non-hydrogen) atoms. The van der Waals surface area contributed by atoms with Crippen LogP contribution in [0.3, 0.4) is 0 Å². The zero-order valence-corrected chi connectivity index (χ0v) is 13.2. The normalized spacial score (nSPS) is 21.8. The van der Waals surface area contributed by atoms with Gasteiger partial charge in [-0.05, 0) is 12.7 Å². The maximum atomic E-state index is 10.5. The van der Waals surface area contributed by atoms with Crippen molar-refractivity contribution in [3.05, 3.63) is 34.9 Å². The summed E-state index contributed by atoms with van der Waals surface area (Å²) in [7, 11) is -0.606. The minimum Gasteiger partial charge on any atom is -0.494 e. The summed E-state index contributed by atoms with van der Waals surface area (Å²) >= 11 is 0. The van der Waals surface area contributed by atoms with Crippen molar-refractivity contribution in [2.75, 3.05) is 6.54 Å². The molecule has 1 aromatic heterocycles. The topological polar surface area (TPSA) is 77.7 Å². The second kappa shape index (κ2) is 5.52. The van der Waals surface area contributed by atoms with Gasteiger partial charge in [0.2, 0.25) is 0 Å². The second-order valence-electron chi connectivity index (χ2n) is 6.51. The van der Waals surface area contributed by atoms with Crippen molar-refractivity contribution in [3.63, 3.8) is 0 Å². The van der Waals surface area contributed by atoms with E-state index in [1.54, 1.807) is 6.82 Å². The lowest BCUT2D eigenvalue weighted by atomic mass is 9.89. The van der Waals surface area contributed by atoms with Gasteiger partial charge in [0.15, 0.2) is 11.8 Å². The monoisotopic (exact) mass is 302 g/mol. The molecule has 0 aromatic carbocycles. The summed E-state index contributed by atoms with van der Waals surface area (Å²) < 4.78 is 1.53. The molecule has 2 unspecified atom stereocenters. The lowest BCUT2D eigenvalue weighted by Gasteiger charge is -2.13. The van der Waals surface area contributed by atoms with Crippen LogP contribution in [0.2, 0.25) is 6.82 Å². The fourth-order valence-corrected chi connectivity index (χ4v) is 3.60. The molecule has 2 aliphatic rings. The number of aromatic nitrogens is 1. The van der Waals surface area contributed by atoms with E-state index in [1.165, 1.54) is 10.1 Å². The molecule has 0 aliphatic heterocycles. The zero-order chi connectivity index (χ0) is 16.0. The molecule has 5 nitrogen and oxygen atoms in total. The molecule has 0 saturated carbocycles. The third-order valence-corrected chi connectivity index (χ3v) is 4.42. The first-order valence-electron chi connectivity index (χ1n) is 7.87. The Balaban J connectivity index is 1.91. The molecule has 1 heterocycles. The molecule has 0 amide bonds. The van der Waals surface area contributed by atoms with Crippen LogP contribution in [0.5, 0.6) is 11.8 Å². The van der Waals surface area contributed by atoms with Gasteiger partial charge in [-0.1, -0.05) is 37.6 Å². The van der Waals surface area contributed by atoms with E-state index in [0.29, 0.717) is 19.0 Å². The van der Waals surface area contributed by atoms with Gasteiger partial charge in [0, 0.05) is 36.1 Å². The predicted molar refractivity (Wildman–Crippen MR) is 87.1 cm³/mol. The van der Waals surface area contributed by atoms with Crippen molar-refractivity contribution in [2.45, 2.75) is 39.1 Å². The van der Waals surface area contributed by atoms with Crippen LogP contribution in [0.4, 0.5) is 0 Å². The number of nitrogens with one attached hydrogen (secondary N) is 1. The van der Waals surface area contributed by atoms with Crippen LogP contribution in [0.15, 0.2) is 23.8 Å². The van der Waals surface area contributed by atoms with Crippen LogP contribution in [0.1, 0.15) is 36.8 Å². The van der Waals surface area contributed by atoms with E-state index in [-0.39, 0.29) is 23.6 Å². The average Bonchev–Trinajstić information content (AvgIpc) is 3.03. The van der Waals surface area contributed by atoms with Crippen LogP contribution < -0.4 is 5.23 Å². The summed E-state index contributed by atoms with van der Waals surface area (Å²) in [5, 5.41) is 33.2. The van der Waals surface area contributed by atoms with Crippen molar-refractivity contribution < 1.29 is 15.2 Å². The van der Waals surface area contributed by atoms with Gasteiger partial charge in [-0.2, -0.15) is 0 Å². The average molecular weight is 302 g/mol. The smallest absolute Gasteiger partial charge is 0.373 e. The molecule has 3 rings (SSSR count). The molecule has 0 spiro atoms. The first-order chi connectivity index (χ1) is 10.4. The quantitative estimate of drug-likeness (QED) is 0.495. The number of fused-ring (bicyclic) bond motifs is 5. The predicted octanol–water partition coefficient (Wildman–Crippen LogP) is 1.93. The Morgan fingerprint density at radius 2 is 1.77 bits per heavy atom. The van der Waals surface area contributed by atoms with Gasteiger partial charge < -0.3 is 20.5 Å². The Morgan fingerprint density at radius 1 is 1.23 bits per heavy atom. The molecule has 0 fully saturated rings. The van der Waals surface area contributed by atoms with Crippen LogP contribution in [-0.4, -0.2) is 33.4 Å².